The van der Waals surface area contributed by atoms with Gasteiger partial charge in [-0.1, -0.05) is 0 Å². The maximum atomic E-state index is 5.58. The summed E-state index contributed by atoms with van der Waals surface area (Å²) in [4.78, 5) is 4.92. The van der Waals surface area contributed by atoms with E-state index < -0.39 is 0 Å². The topological polar surface area (TPSA) is 24.9 Å². The highest BCUT2D eigenvalue weighted by Gasteiger charge is 2.12. The summed E-state index contributed by atoms with van der Waals surface area (Å²) in [6, 6.07) is 0. The van der Waals surface area contributed by atoms with Crippen LogP contribution in [-0.2, 0) is 9.47 Å². The zero-order chi connectivity index (χ0) is 12.3. The molecule has 0 radical (unpaired) electrons. The third kappa shape index (κ3) is 7.71. The van der Waals surface area contributed by atoms with Crippen molar-refractivity contribution in [3.8, 4) is 0 Å². The summed E-state index contributed by atoms with van der Waals surface area (Å²) in [5, 5.41) is 0. The number of likely N-dealkylation sites (N-methyl/N-ethyl adjacent to an activating group) is 1. The van der Waals surface area contributed by atoms with Crippen molar-refractivity contribution in [1.82, 2.24) is 9.80 Å². The minimum Gasteiger partial charge on any atom is -0.382 e. The third-order valence-electron chi connectivity index (χ3n) is 3.14. The Labute approximate surface area is 106 Å². The molecular weight excluding hydrogens is 216 g/mol. The highest BCUT2D eigenvalue weighted by molar-refractivity contribution is 4.68. The van der Waals surface area contributed by atoms with E-state index in [1.807, 2.05) is 6.92 Å². The average molecular weight is 244 g/mol. The molecule has 0 spiro atoms. The summed E-state index contributed by atoms with van der Waals surface area (Å²) < 4.78 is 10.8. The van der Waals surface area contributed by atoms with Gasteiger partial charge in [0, 0.05) is 59.2 Å². The summed E-state index contributed by atoms with van der Waals surface area (Å²) in [5.41, 5.74) is 0. The number of nitrogens with zero attached hydrogens (tertiary/aromatic N) is 2. The molecule has 1 fully saturated rings. The zero-order valence-electron chi connectivity index (χ0n) is 11.5. The molecule has 1 rings (SSSR count). The molecule has 0 aromatic rings. The van der Waals surface area contributed by atoms with Gasteiger partial charge in [0.1, 0.15) is 0 Å². The van der Waals surface area contributed by atoms with Gasteiger partial charge in [-0.25, -0.2) is 0 Å². The lowest BCUT2D eigenvalue weighted by Gasteiger charge is -2.32. The Balaban J connectivity index is 1.81. The minimum absolute atomic E-state index is 0.809. The SMILES string of the molecule is CCOCCCOCCCN1CCN(C)CC1. The Hall–Kier alpha value is -0.160. The molecule has 1 aliphatic rings. The summed E-state index contributed by atoms with van der Waals surface area (Å²) in [5.74, 6) is 0. The number of ether oxygens (including phenoxy) is 2. The van der Waals surface area contributed by atoms with Crippen LogP contribution < -0.4 is 0 Å². The summed E-state index contributed by atoms with van der Waals surface area (Å²) >= 11 is 0. The number of hydrogen-bond acceptors (Lipinski definition) is 4. The number of piperazine rings is 1. The third-order valence-corrected chi connectivity index (χ3v) is 3.14. The highest BCUT2D eigenvalue weighted by atomic mass is 16.5. The van der Waals surface area contributed by atoms with Crippen molar-refractivity contribution in [2.75, 3.05) is 66.2 Å². The van der Waals surface area contributed by atoms with Crippen molar-refractivity contribution in [1.29, 1.82) is 0 Å². The van der Waals surface area contributed by atoms with E-state index in [4.69, 9.17) is 9.47 Å². The first-order chi connectivity index (χ1) is 8.33. The molecule has 0 saturated carbocycles. The van der Waals surface area contributed by atoms with Crippen LogP contribution >= 0.6 is 0 Å². The maximum absolute atomic E-state index is 5.58. The molecule has 4 heteroatoms. The second-order valence-electron chi connectivity index (χ2n) is 4.66. The van der Waals surface area contributed by atoms with E-state index in [2.05, 4.69) is 16.8 Å². The van der Waals surface area contributed by atoms with E-state index in [0.717, 1.165) is 39.3 Å². The second-order valence-corrected chi connectivity index (χ2v) is 4.66. The lowest BCUT2D eigenvalue weighted by Crippen LogP contribution is -2.44. The van der Waals surface area contributed by atoms with Gasteiger partial charge in [0.05, 0.1) is 0 Å². The van der Waals surface area contributed by atoms with E-state index in [9.17, 15) is 0 Å². The van der Waals surface area contributed by atoms with Gasteiger partial charge in [0.2, 0.25) is 0 Å². The van der Waals surface area contributed by atoms with Gasteiger partial charge in [-0.15, -0.1) is 0 Å². The summed E-state index contributed by atoms with van der Waals surface area (Å²) in [6.07, 6.45) is 2.17. The summed E-state index contributed by atoms with van der Waals surface area (Å²) in [6.45, 7) is 11.4. The predicted octanol–water partition coefficient (Wildman–Crippen LogP) is 1.07. The Kier molecular flexibility index (Phi) is 8.61. The van der Waals surface area contributed by atoms with Crippen LogP contribution in [0.4, 0.5) is 0 Å². The molecule has 0 unspecified atom stereocenters. The van der Waals surface area contributed by atoms with Gasteiger partial charge < -0.3 is 19.3 Å². The van der Waals surface area contributed by atoms with Crippen molar-refractivity contribution in [2.24, 2.45) is 0 Å². The average Bonchev–Trinajstić information content (AvgIpc) is 2.35. The first-order valence-electron chi connectivity index (χ1n) is 6.89. The normalized spacial score (nSPS) is 18.7. The van der Waals surface area contributed by atoms with Gasteiger partial charge in [0.15, 0.2) is 0 Å². The molecule has 102 valence electrons. The van der Waals surface area contributed by atoms with Gasteiger partial charge >= 0.3 is 0 Å². The molecule has 1 saturated heterocycles. The standard InChI is InChI=1S/C13H28N2O2/c1-3-16-12-5-13-17-11-4-6-15-9-7-14(2)8-10-15/h3-13H2,1-2H3. The molecule has 1 aliphatic heterocycles. The molecule has 0 atom stereocenters. The Bertz CT molecular complexity index is 171. The van der Waals surface area contributed by atoms with Crippen molar-refractivity contribution in [3.05, 3.63) is 0 Å². The number of rotatable bonds is 9. The molecular formula is C13H28N2O2. The molecule has 0 aromatic heterocycles. The van der Waals surface area contributed by atoms with Crippen LogP contribution in [-0.4, -0.2) is 76.0 Å². The smallest absolute Gasteiger partial charge is 0.0487 e. The molecule has 0 bridgehead atoms. The van der Waals surface area contributed by atoms with E-state index in [0.29, 0.717) is 0 Å². The first kappa shape index (κ1) is 14.9. The molecule has 0 N–H and O–H groups in total. The largest absolute Gasteiger partial charge is 0.382 e. The van der Waals surface area contributed by atoms with E-state index >= 15 is 0 Å². The van der Waals surface area contributed by atoms with Crippen LogP contribution in [0.1, 0.15) is 19.8 Å². The lowest BCUT2D eigenvalue weighted by atomic mass is 10.3. The molecule has 4 nitrogen and oxygen atoms in total. The monoisotopic (exact) mass is 244 g/mol. The fraction of sp³-hybridized carbons (Fsp3) is 1.00. The van der Waals surface area contributed by atoms with E-state index in [1.165, 1.54) is 32.7 Å². The Morgan fingerprint density at radius 2 is 1.53 bits per heavy atom. The summed E-state index contributed by atoms with van der Waals surface area (Å²) in [7, 11) is 2.19. The zero-order valence-corrected chi connectivity index (χ0v) is 11.5. The minimum atomic E-state index is 0.809. The van der Waals surface area contributed by atoms with Crippen LogP contribution in [0.15, 0.2) is 0 Å². The molecule has 17 heavy (non-hydrogen) atoms. The van der Waals surface area contributed by atoms with Crippen LogP contribution in [0, 0.1) is 0 Å². The Morgan fingerprint density at radius 3 is 2.24 bits per heavy atom. The van der Waals surface area contributed by atoms with E-state index in [-0.39, 0.29) is 0 Å². The quantitative estimate of drug-likeness (QED) is 0.566. The van der Waals surface area contributed by atoms with Gasteiger partial charge in [-0.05, 0) is 26.8 Å². The molecule has 1 heterocycles. The van der Waals surface area contributed by atoms with Crippen LogP contribution in [0.5, 0.6) is 0 Å². The highest BCUT2D eigenvalue weighted by Crippen LogP contribution is 2.00. The number of hydrogen-bond donors (Lipinski definition) is 0. The van der Waals surface area contributed by atoms with Crippen LogP contribution in [0.2, 0.25) is 0 Å². The first-order valence-corrected chi connectivity index (χ1v) is 6.89. The Morgan fingerprint density at radius 1 is 0.882 bits per heavy atom. The van der Waals surface area contributed by atoms with Crippen molar-refractivity contribution >= 4 is 0 Å². The van der Waals surface area contributed by atoms with Crippen LogP contribution in [0.25, 0.3) is 0 Å². The second kappa shape index (κ2) is 9.83. The van der Waals surface area contributed by atoms with Crippen molar-refractivity contribution in [3.63, 3.8) is 0 Å². The lowest BCUT2D eigenvalue weighted by molar-refractivity contribution is 0.0783. The van der Waals surface area contributed by atoms with Gasteiger partial charge in [-0.3, -0.25) is 0 Å². The van der Waals surface area contributed by atoms with Gasteiger partial charge in [-0.2, -0.15) is 0 Å². The van der Waals surface area contributed by atoms with E-state index in [1.54, 1.807) is 0 Å². The van der Waals surface area contributed by atoms with Crippen molar-refractivity contribution in [2.45, 2.75) is 19.8 Å². The predicted molar refractivity (Wildman–Crippen MR) is 70.5 cm³/mol. The van der Waals surface area contributed by atoms with Gasteiger partial charge in [0.25, 0.3) is 0 Å². The molecule has 0 aliphatic carbocycles. The molecule has 0 amide bonds. The fourth-order valence-electron chi connectivity index (χ4n) is 1.97. The fourth-order valence-corrected chi connectivity index (χ4v) is 1.97. The van der Waals surface area contributed by atoms with Crippen molar-refractivity contribution < 1.29 is 9.47 Å². The maximum Gasteiger partial charge on any atom is 0.0487 e. The van der Waals surface area contributed by atoms with Crippen LogP contribution in [0.3, 0.4) is 0 Å². The molecule has 0 aromatic carbocycles.